The molecule has 0 bridgehead atoms. The summed E-state index contributed by atoms with van der Waals surface area (Å²) in [6, 6.07) is 2.05. The predicted octanol–water partition coefficient (Wildman–Crippen LogP) is 1.23. The molecule has 1 atom stereocenters. The molecule has 0 aromatic carbocycles. The van der Waals surface area contributed by atoms with Gasteiger partial charge in [0, 0.05) is 18.4 Å². The highest BCUT2D eigenvalue weighted by molar-refractivity contribution is 5.24. The first kappa shape index (κ1) is 5.98. The highest BCUT2D eigenvalue weighted by atomic mass is 16.3. The summed E-state index contributed by atoms with van der Waals surface area (Å²) >= 11 is 0. The van der Waals surface area contributed by atoms with Gasteiger partial charge in [0.05, 0.1) is 6.10 Å². The molecule has 1 N–H and O–H groups in total. The van der Waals surface area contributed by atoms with E-state index in [2.05, 4.69) is 10.6 Å². The van der Waals surface area contributed by atoms with Crippen LogP contribution in [0.4, 0.5) is 0 Å². The van der Waals surface area contributed by atoms with Crippen LogP contribution < -0.4 is 0 Å². The smallest absolute Gasteiger partial charge is 0.0959 e. The lowest BCUT2D eigenvalue weighted by Gasteiger charge is -2.00. The largest absolute Gasteiger partial charge is 0.387 e. The fraction of sp³-hybridized carbons (Fsp3) is 0.500. The minimum Gasteiger partial charge on any atom is -0.387 e. The summed E-state index contributed by atoms with van der Waals surface area (Å²) in [5.74, 6) is 0. The lowest BCUT2D eigenvalue weighted by Crippen LogP contribution is -1.92. The van der Waals surface area contributed by atoms with Crippen LogP contribution in [0.3, 0.4) is 0 Å². The van der Waals surface area contributed by atoms with E-state index in [-0.39, 0.29) is 6.10 Å². The lowest BCUT2D eigenvalue weighted by molar-refractivity contribution is 0.179. The SMILES string of the molecule is Cc1ccn2c1[C@@H](O)CC2. The molecule has 2 heterocycles. The summed E-state index contributed by atoms with van der Waals surface area (Å²) < 4.78 is 2.12. The standard InChI is InChI=1S/C8H11NO/c1-6-2-4-9-5-3-7(10)8(6)9/h2,4,7,10H,3,5H2,1H3/t7-/m0/s1. The van der Waals surface area contributed by atoms with Crippen LogP contribution in [0.25, 0.3) is 0 Å². The Bertz CT molecular complexity index is 252. The first-order chi connectivity index (χ1) is 4.79. The number of hydrogen-bond acceptors (Lipinski definition) is 1. The highest BCUT2D eigenvalue weighted by Gasteiger charge is 2.21. The van der Waals surface area contributed by atoms with Crippen molar-refractivity contribution in [2.45, 2.75) is 26.0 Å². The molecule has 2 nitrogen and oxygen atoms in total. The maximum atomic E-state index is 9.43. The van der Waals surface area contributed by atoms with Crippen molar-refractivity contribution in [2.24, 2.45) is 0 Å². The summed E-state index contributed by atoms with van der Waals surface area (Å²) in [6.07, 6.45) is 2.72. The van der Waals surface area contributed by atoms with Crippen molar-refractivity contribution in [3.63, 3.8) is 0 Å². The average Bonchev–Trinajstić information content (AvgIpc) is 2.40. The van der Waals surface area contributed by atoms with Gasteiger partial charge >= 0.3 is 0 Å². The summed E-state index contributed by atoms with van der Waals surface area (Å²) in [7, 11) is 0. The van der Waals surface area contributed by atoms with E-state index in [1.54, 1.807) is 0 Å². The minimum absolute atomic E-state index is 0.213. The number of nitrogens with zero attached hydrogens (tertiary/aromatic N) is 1. The Morgan fingerprint density at radius 2 is 2.50 bits per heavy atom. The van der Waals surface area contributed by atoms with Gasteiger partial charge in [0.15, 0.2) is 0 Å². The molecule has 1 aromatic heterocycles. The van der Waals surface area contributed by atoms with Crippen LogP contribution in [-0.2, 0) is 6.54 Å². The molecule has 1 aliphatic heterocycles. The first-order valence-corrected chi connectivity index (χ1v) is 3.63. The van der Waals surface area contributed by atoms with Crippen molar-refractivity contribution in [1.29, 1.82) is 0 Å². The Labute approximate surface area is 60.1 Å². The van der Waals surface area contributed by atoms with E-state index in [9.17, 15) is 5.11 Å². The topological polar surface area (TPSA) is 25.2 Å². The average molecular weight is 137 g/mol. The molecule has 10 heavy (non-hydrogen) atoms. The van der Waals surface area contributed by atoms with E-state index >= 15 is 0 Å². The number of aliphatic hydroxyl groups excluding tert-OH is 1. The zero-order valence-corrected chi connectivity index (χ0v) is 6.04. The third kappa shape index (κ3) is 0.625. The zero-order chi connectivity index (χ0) is 7.14. The summed E-state index contributed by atoms with van der Waals surface area (Å²) in [4.78, 5) is 0. The molecule has 0 aliphatic carbocycles. The van der Waals surface area contributed by atoms with Gasteiger partial charge in [-0.1, -0.05) is 0 Å². The molecule has 1 aromatic rings. The Balaban J connectivity index is 2.54. The van der Waals surface area contributed by atoms with Gasteiger partial charge in [0.25, 0.3) is 0 Å². The molecule has 0 saturated carbocycles. The second kappa shape index (κ2) is 1.86. The number of rotatable bonds is 0. The highest BCUT2D eigenvalue weighted by Crippen LogP contribution is 2.28. The molecule has 0 saturated heterocycles. The van der Waals surface area contributed by atoms with Crippen molar-refractivity contribution in [3.05, 3.63) is 23.5 Å². The fourth-order valence-electron chi connectivity index (χ4n) is 1.64. The molecule has 54 valence electrons. The van der Waals surface area contributed by atoms with E-state index in [1.165, 1.54) is 5.56 Å². The van der Waals surface area contributed by atoms with Gasteiger partial charge in [0.1, 0.15) is 0 Å². The summed E-state index contributed by atoms with van der Waals surface area (Å²) in [6.45, 7) is 3.02. The van der Waals surface area contributed by atoms with Crippen LogP contribution in [-0.4, -0.2) is 9.67 Å². The van der Waals surface area contributed by atoms with Gasteiger partial charge in [0.2, 0.25) is 0 Å². The van der Waals surface area contributed by atoms with Gasteiger partial charge in [-0.15, -0.1) is 0 Å². The van der Waals surface area contributed by atoms with Crippen molar-refractivity contribution in [1.82, 2.24) is 4.57 Å². The van der Waals surface area contributed by atoms with Crippen LogP contribution >= 0.6 is 0 Å². The van der Waals surface area contributed by atoms with Gasteiger partial charge < -0.3 is 9.67 Å². The fourth-order valence-corrected chi connectivity index (χ4v) is 1.64. The number of aromatic nitrogens is 1. The quantitative estimate of drug-likeness (QED) is 0.571. The van der Waals surface area contributed by atoms with Crippen LogP contribution in [0.5, 0.6) is 0 Å². The molecule has 0 fully saturated rings. The van der Waals surface area contributed by atoms with Crippen LogP contribution in [0.15, 0.2) is 12.3 Å². The molecular weight excluding hydrogens is 126 g/mol. The normalized spacial score (nSPS) is 23.2. The minimum atomic E-state index is -0.213. The van der Waals surface area contributed by atoms with E-state index in [0.717, 1.165) is 18.7 Å². The van der Waals surface area contributed by atoms with Crippen molar-refractivity contribution in [2.75, 3.05) is 0 Å². The number of hydrogen-bond donors (Lipinski definition) is 1. The summed E-state index contributed by atoms with van der Waals surface area (Å²) in [5, 5.41) is 9.43. The lowest BCUT2D eigenvalue weighted by atomic mass is 10.2. The predicted molar refractivity (Wildman–Crippen MR) is 38.7 cm³/mol. The van der Waals surface area contributed by atoms with E-state index < -0.39 is 0 Å². The van der Waals surface area contributed by atoms with E-state index in [1.807, 2.05) is 13.1 Å². The van der Waals surface area contributed by atoms with Crippen molar-refractivity contribution < 1.29 is 5.11 Å². The summed E-state index contributed by atoms with van der Waals surface area (Å²) in [5.41, 5.74) is 2.32. The Morgan fingerprint density at radius 3 is 3.20 bits per heavy atom. The van der Waals surface area contributed by atoms with Crippen molar-refractivity contribution in [3.8, 4) is 0 Å². The third-order valence-electron chi connectivity index (χ3n) is 2.18. The molecule has 2 heteroatoms. The van der Waals surface area contributed by atoms with E-state index in [4.69, 9.17) is 0 Å². The monoisotopic (exact) mass is 137 g/mol. The maximum Gasteiger partial charge on any atom is 0.0959 e. The molecule has 0 amide bonds. The molecule has 0 spiro atoms. The second-order valence-corrected chi connectivity index (χ2v) is 2.88. The van der Waals surface area contributed by atoms with Gasteiger partial charge in [-0.3, -0.25) is 0 Å². The van der Waals surface area contributed by atoms with Crippen LogP contribution in [0.1, 0.15) is 23.8 Å². The zero-order valence-electron chi connectivity index (χ0n) is 6.04. The number of fused-ring (bicyclic) bond motifs is 1. The van der Waals surface area contributed by atoms with Gasteiger partial charge in [-0.2, -0.15) is 0 Å². The molecule has 0 radical (unpaired) electrons. The molecule has 2 rings (SSSR count). The number of aliphatic hydroxyl groups is 1. The molecule has 1 aliphatic rings. The van der Waals surface area contributed by atoms with Crippen molar-refractivity contribution >= 4 is 0 Å². The second-order valence-electron chi connectivity index (χ2n) is 2.88. The van der Waals surface area contributed by atoms with Gasteiger partial charge in [-0.05, 0) is 25.0 Å². The van der Waals surface area contributed by atoms with E-state index in [0.29, 0.717) is 0 Å². The Hall–Kier alpha value is -0.760. The number of aryl methyl sites for hydroxylation is 2. The van der Waals surface area contributed by atoms with Crippen LogP contribution in [0, 0.1) is 6.92 Å². The third-order valence-corrected chi connectivity index (χ3v) is 2.18. The Kier molecular flexibility index (Phi) is 1.11. The van der Waals surface area contributed by atoms with Gasteiger partial charge in [-0.25, -0.2) is 0 Å². The molecular formula is C8H11NO. The van der Waals surface area contributed by atoms with Crippen LogP contribution in [0.2, 0.25) is 0 Å². The first-order valence-electron chi connectivity index (χ1n) is 3.63. The Morgan fingerprint density at radius 1 is 1.70 bits per heavy atom. The molecule has 0 unspecified atom stereocenters. The maximum absolute atomic E-state index is 9.43.